The Morgan fingerprint density at radius 3 is 2.52 bits per heavy atom. The fraction of sp³-hybridized carbons (Fsp3) is 0.762. The maximum atomic E-state index is 12.5. The van der Waals surface area contributed by atoms with Crippen molar-refractivity contribution in [3.05, 3.63) is 18.0 Å². The Morgan fingerprint density at radius 1 is 1.15 bits per heavy atom. The summed E-state index contributed by atoms with van der Waals surface area (Å²) in [4.78, 5) is 26.0. The highest BCUT2D eigenvalue weighted by molar-refractivity contribution is 5.77. The van der Waals surface area contributed by atoms with Gasteiger partial charge in [0.25, 0.3) is 0 Å². The van der Waals surface area contributed by atoms with Gasteiger partial charge in [-0.1, -0.05) is 12.8 Å². The predicted octanol–water partition coefficient (Wildman–Crippen LogP) is 3.06. The molecule has 0 unspecified atom stereocenters. The summed E-state index contributed by atoms with van der Waals surface area (Å²) in [5.74, 6) is 1.12. The zero-order valence-corrected chi connectivity index (χ0v) is 16.6. The number of carbonyl (C=O) groups excluding carboxylic acids is 1. The molecular formula is C21H33N5O. The van der Waals surface area contributed by atoms with Gasteiger partial charge in [-0.15, -0.1) is 0 Å². The molecule has 1 aromatic heterocycles. The van der Waals surface area contributed by atoms with Crippen LogP contribution in [0.3, 0.4) is 0 Å². The van der Waals surface area contributed by atoms with Crippen molar-refractivity contribution < 1.29 is 4.79 Å². The van der Waals surface area contributed by atoms with Crippen LogP contribution in [-0.4, -0.2) is 57.9 Å². The summed E-state index contributed by atoms with van der Waals surface area (Å²) in [5.41, 5.74) is 1.54. The molecule has 3 fully saturated rings. The molecule has 6 heteroatoms. The van der Waals surface area contributed by atoms with Gasteiger partial charge in [-0.2, -0.15) is 0 Å². The van der Waals surface area contributed by atoms with Gasteiger partial charge >= 0.3 is 0 Å². The molecule has 0 aromatic carbocycles. The number of amides is 1. The molecule has 0 atom stereocenters. The number of nitrogens with one attached hydrogen (secondary N) is 1. The van der Waals surface area contributed by atoms with E-state index in [1.54, 1.807) is 0 Å². The smallest absolute Gasteiger partial charge is 0.222 e. The first-order valence-corrected chi connectivity index (χ1v) is 10.7. The monoisotopic (exact) mass is 371 g/mol. The Morgan fingerprint density at radius 2 is 1.85 bits per heavy atom. The molecule has 2 saturated heterocycles. The number of likely N-dealkylation sites (tertiary alicyclic amines) is 2. The maximum Gasteiger partial charge on any atom is 0.222 e. The zero-order valence-electron chi connectivity index (χ0n) is 16.6. The van der Waals surface area contributed by atoms with Crippen LogP contribution in [0.15, 0.2) is 12.4 Å². The topological polar surface area (TPSA) is 61.4 Å². The second-order valence-corrected chi connectivity index (χ2v) is 8.68. The molecule has 3 aliphatic rings. The van der Waals surface area contributed by atoms with Gasteiger partial charge in [0.15, 0.2) is 0 Å². The molecule has 27 heavy (non-hydrogen) atoms. The van der Waals surface area contributed by atoms with Crippen molar-refractivity contribution in [1.29, 1.82) is 0 Å². The molecule has 0 bridgehead atoms. The molecule has 6 nitrogen and oxygen atoms in total. The SMILES string of the molecule is CCNc1ncc(CN2CCC3(CCC(=O)N(C4CCCC4)C3)CC2)cn1. The molecule has 1 aromatic rings. The number of carbonyl (C=O) groups is 1. The Bertz CT molecular complexity index is 632. The third-order valence-electron chi connectivity index (χ3n) is 6.82. The molecule has 1 aliphatic carbocycles. The van der Waals surface area contributed by atoms with Gasteiger partial charge in [0.2, 0.25) is 11.9 Å². The Hall–Kier alpha value is -1.69. The number of hydrogen-bond acceptors (Lipinski definition) is 5. The molecule has 4 rings (SSSR count). The summed E-state index contributed by atoms with van der Waals surface area (Å²) in [6.45, 7) is 7.04. The summed E-state index contributed by atoms with van der Waals surface area (Å²) in [7, 11) is 0. The van der Waals surface area contributed by atoms with E-state index < -0.39 is 0 Å². The number of rotatable bonds is 5. The van der Waals surface area contributed by atoms with Crippen LogP contribution in [0.1, 0.15) is 63.9 Å². The van der Waals surface area contributed by atoms with E-state index in [2.05, 4.69) is 25.1 Å². The summed E-state index contributed by atoms with van der Waals surface area (Å²) in [5, 5.41) is 3.14. The molecule has 1 spiro atoms. The summed E-state index contributed by atoms with van der Waals surface area (Å²) >= 11 is 0. The van der Waals surface area contributed by atoms with Gasteiger partial charge < -0.3 is 10.2 Å². The standard InChI is InChI=1S/C21H33N5O/c1-2-22-20-23-13-17(14-24-20)15-25-11-9-21(10-12-25)8-7-19(27)26(16-21)18-5-3-4-6-18/h13-14,18H,2-12,15-16H2,1H3,(H,22,23,24). The minimum Gasteiger partial charge on any atom is -0.355 e. The minimum atomic E-state index is 0.360. The molecule has 0 radical (unpaired) electrons. The number of piperidine rings is 2. The van der Waals surface area contributed by atoms with E-state index in [9.17, 15) is 4.79 Å². The third-order valence-corrected chi connectivity index (χ3v) is 6.82. The summed E-state index contributed by atoms with van der Waals surface area (Å²) in [6.07, 6.45) is 13.2. The Labute approximate surface area is 162 Å². The van der Waals surface area contributed by atoms with E-state index in [1.807, 2.05) is 19.3 Å². The lowest BCUT2D eigenvalue weighted by atomic mass is 9.72. The molecule has 148 valence electrons. The van der Waals surface area contributed by atoms with Crippen molar-refractivity contribution in [2.24, 2.45) is 5.41 Å². The van der Waals surface area contributed by atoms with Crippen LogP contribution >= 0.6 is 0 Å². The molecule has 1 N–H and O–H groups in total. The van der Waals surface area contributed by atoms with Gasteiger partial charge in [0, 0.05) is 50.1 Å². The quantitative estimate of drug-likeness (QED) is 0.862. The molecule has 2 aliphatic heterocycles. The normalized spacial score (nSPS) is 23.9. The van der Waals surface area contributed by atoms with Gasteiger partial charge in [-0.3, -0.25) is 9.69 Å². The highest BCUT2D eigenvalue weighted by Gasteiger charge is 2.43. The summed E-state index contributed by atoms with van der Waals surface area (Å²) < 4.78 is 0. The van der Waals surface area contributed by atoms with E-state index in [1.165, 1.54) is 44.1 Å². The fourth-order valence-electron chi connectivity index (χ4n) is 5.13. The van der Waals surface area contributed by atoms with Crippen LogP contribution in [0, 0.1) is 5.41 Å². The molecular weight excluding hydrogens is 338 g/mol. The lowest BCUT2D eigenvalue weighted by Crippen LogP contribution is -2.53. The third kappa shape index (κ3) is 4.26. The lowest BCUT2D eigenvalue weighted by molar-refractivity contribution is -0.142. The number of anilines is 1. The van der Waals surface area contributed by atoms with Crippen molar-refractivity contribution in [3.8, 4) is 0 Å². The number of nitrogens with zero attached hydrogens (tertiary/aromatic N) is 4. The maximum absolute atomic E-state index is 12.5. The molecule has 1 saturated carbocycles. The van der Waals surface area contributed by atoms with Gasteiger partial charge in [0.1, 0.15) is 0 Å². The molecule has 1 amide bonds. The Kier molecular flexibility index (Phi) is 5.62. The van der Waals surface area contributed by atoms with E-state index in [-0.39, 0.29) is 0 Å². The first kappa shape index (κ1) is 18.7. The minimum absolute atomic E-state index is 0.360. The van der Waals surface area contributed by atoms with E-state index in [0.29, 0.717) is 23.3 Å². The molecule has 3 heterocycles. The summed E-state index contributed by atoms with van der Waals surface area (Å²) in [6, 6.07) is 0.528. The van der Waals surface area contributed by atoms with Gasteiger partial charge in [-0.25, -0.2) is 9.97 Å². The lowest BCUT2D eigenvalue weighted by Gasteiger charge is -2.49. The van der Waals surface area contributed by atoms with E-state index in [4.69, 9.17) is 0 Å². The van der Waals surface area contributed by atoms with Crippen molar-refractivity contribution in [2.75, 3.05) is 31.5 Å². The Balaban J connectivity index is 1.32. The van der Waals surface area contributed by atoms with Crippen molar-refractivity contribution in [1.82, 2.24) is 19.8 Å². The predicted molar refractivity (Wildman–Crippen MR) is 106 cm³/mol. The number of aromatic nitrogens is 2. The van der Waals surface area contributed by atoms with Crippen LogP contribution in [0.25, 0.3) is 0 Å². The highest BCUT2D eigenvalue weighted by atomic mass is 16.2. The van der Waals surface area contributed by atoms with Gasteiger partial charge in [0.05, 0.1) is 0 Å². The van der Waals surface area contributed by atoms with Crippen LogP contribution in [0.5, 0.6) is 0 Å². The van der Waals surface area contributed by atoms with E-state index >= 15 is 0 Å². The largest absolute Gasteiger partial charge is 0.355 e. The average molecular weight is 372 g/mol. The fourth-order valence-corrected chi connectivity index (χ4v) is 5.13. The second kappa shape index (κ2) is 8.13. The van der Waals surface area contributed by atoms with E-state index in [0.717, 1.165) is 45.6 Å². The van der Waals surface area contributed by atoms with Crippen molar-refractivity contribution in [3.63, 3.8) is 0 Å². The zero-order chi connectivity index (χ0) is 18.7. The first-order valence-electron chi connectivity index (χ1n) is 10.7. The van der Waals surface area contributed by atoms with Crippen LogP contribution < -0.4 is 5.32 Å². The average Bonchev–Trinajstić information content (AvgIpc) is 3.22. The van der Waals surface area contributed by atoms with Gasteiger partial charge in [-0.05, 0) is 57.5 Å². The second-order valence-electron chi connectivity index (χ2n) is 8.68. The first-order chi connectivity index (χ1) is 13.2. The highest BCUT2D eigenvalue weighted by Crippen LogP contribution is 2.42. The van der Waals surface area contributed by atoms with Crippen LogP contribution in [0.4, 0.5) is 5.95 Å². The van der Waals surface area contributed by atoms with Crippen LogP contribution in [-0.2, 0) is 11.3 Å². The number of hydrogen-bond donors (Lipinski definition) is 1. The van der Waals surface area contributed by atoms with Crippen molar-refractivity contribution in [2.45, 2.75) is 70.9 Å². The van der Waals surface area contributed by atoms with Crippen LogP contribution in [0.2, 0.25) is 0 Å². The van der Waals surface area contributed by atoms with Crippen molar-refractivity contribution >= 4 is 11.9 Å².